The molecular formula is C15H26N2O. The number of carbonyl (C=O) groups is 1. The molecule has 0 aromatic heterocycles. The van der Waals surface area contributed by atoms with E-state index in [-0.39, 0.29) is 11.9 Å². The molecule has 18 heavy (non-hydrogen) atoms. The fourth-order valence-corrected chi connectivity index (χ4v) is 3.19. The van der Waals surface area contributed by atoms with Crippen molar-refractivity contribution in [3.8, 4) is 0 Å². The summed E-state index contributed by atoms with van der Waals surface area (Å²) in [6.45, 7) is 4.35. The van der Waals surface area contributed by atoms with Crippen molar-refractivity contribution in [3.63, 3.8) is 0 Å². The molecule has 0 aromatic rings. The standard InChI is InChI=1S/C15H26N2O/c1-10(2)8-14(15(18)17(3)4)16-13-9-11-6-5-7-12(11)13/h5,7,10-14,16H,6,8-9H2,1-4H3. The maximum Gasteiger partial charge on any atom is 0.239 e. The van der Waals surface area contributed by atoms with Crippen molar-refractivity contribution in [2.24, 2.45) is 17.8 Å². The van der Waals surface area contributed by atoms with Gasteiger partial charge in [0.25, 0.3) is 0 Å². The average molecular weight is 250 g/mol. The van der Waals surface area contributed by atoms with E-state index < -0.39 is 0 Å². The summed E-state index contributed by atoms with van der Waals surface area (Å²) in [5, 5.41) is 3.59. The van der Waals surface area contributed by atoms with E-state index in [0.717, 1.165) is 12.3 Å². The van der Waals surface area contributed by atoms with Crippen molar-refractivity contribution in [2.45, 2.75) is 45.2 Å². The first kappa shape index (κ1) is 13.6. The van der Waals surface area contributed by atoms with Crippen LogP contribution in [0.25, 0.3) is 0 Å². The summed E-state index contributed by atoms with van der Waals surface area (Å²) in [4.78, 5) is 13.9. The van der Waals surface area contributed by atoms with Crippen LogP contribution in [-0.4, -0.2) is 37.0 Å². The number of rotatable bonds is 5. The van der Waals surface area contributed by atoms with Gasteiger partial charge in [-0.25, -0.2) is 0 Å². The molecule has 1 amide bonds. The molecule has 4 atom stereocenters. The summed E-state index contributed by atoms with van der Waals surface area (Å²) in [6.07, 6.45) is 8.02. The second kappa shape index (κ2) is 5.43. The Morgan fingerprint density at radius 1 is 1.44 bits per heavy atom. The normalized spacial score (nSPS) is 31.1. The Morgan fingerprint density at radius 2 is 2.17 bits per heavy atom. The lowest BCUT2D eigenvalue weighted by Gasteiger charge is -2.43. The van der Waals surface area contributed by atoms with Crippen LogP contribution >= 0.6 is 0 Å². The van der Waals surface area contributed by atoms with Crippen LogP contribution in [0.1, 0.15) is 33.1 Å². The van der Waals surface area contributed by atoms with E-state index in [1.165, 1.54) is 12.8 Å². The van der Waals surface area contributed by atoms with Gasteiger partial charge in [-0.2, -0.15) is 0 Å². The molecule has 3 nitrogen and oxygen atoms in total. The number of likely N-dealkylation sites (N-methyl/N-ethyl adjacent to an activating group) is 1. The van der Waals surface area contributed by atoms with Crippen LogP contribution < -0.4 is 5.32 Å². The van der Waals surface area contributed by atoms with E-state index in [9.17, 15) is 4.79 Å². The molecular weight excluding hydrogens is 224 g/mol. The van der Waals surface area contributed by atoms with Gasteiger partial charge in [0, 0.05) is 20.1 Å². The molecule has 2 rings (SSSR count). The Bertz CT molecular complexity index is 335. The number of allylic oxidation sites excluding steroid dienone is 1. The van der Waals surface area contributed by atoms with Gasteiger partial charge in [0.15, 0.2) is 0 Å². The van der Waals surface area contributed by atoms with Gasteiger partial charge in [-0.15, -0.1) is 0 Å². The number of hydrogen-bond acceptors (Lipinski definition) is 2. The number of amides is 1. The molecule has 1 saturated carbocycles. The molecule has 2 aliphatic carbocycles. The highest BCUT2D eigenvalue weighted by atomic mass is 16.2. The van der Waals surface area contributed by atoms with Gasteiger partial charge in [0.2, 0.25) is 5.91 Å². The third kappa shape index (κ3) is 2.77. The summed E-state index contributed by atoms with van der Waals surface area (Å²) in [5.74, 6) is 2.28. The highest BCUT2D eigenvalue weighted by molar-refractivity contribution is 5.81. The first-order chi connectivity index (χ1) is 8.49. The first-order valence-electron chi connectivity index (χ1n) is 7.13. The minimum absolute atomic E-state index is 0.0139. The van der Waals surface area contributed by atoms with Gasteiger partial charge in [-0.05, 0) is 37.0 Å². The molecule has 0 aromatic carbocycles. The zero-order valence-electron chi connectivity index (χ0n) is 12.0. The molecule has 0 saturated heterocycles. The first-order valence-corrected chi connectivity index (χ1v) is 7.13. The minimum Gasteiger partial charge on any atom is -0.347 e. The van der Waals surface area contributed by atoms with Gasteiger partial charge >= 0.3 is 0 Å². The van der Waals surface area contributed by atoms with E-state index in [1.807, 2.05) is 14.1 Å². The van der Waals surface area contributed by atoms with Gasteiger partial charge in [0.05, 0.1) is 6.04 Å². The fourth-order valence-electron chi connectivity index (χ4n) is 3.19. The monoisotopic (exact) mass is 250 g/mol. The van der Waals surface area contributed by atoms with E-state index in [2.05, 4.69) is 31.3 Å². The smallest absolute Gasteiger partial charge is 0.239 e. The second-order valence-corrected chi connectivity index (χ2v) is 6.42. The molecule has 0 bridgehead atoms. The molecule has 0 aliphatic heterocycles. The third-order valence-corrected chi connectivity index (χ3v) is 4.22. The van der Waals surface area contributed by atoms with Crippen LogP contribution in [0, 0.1) is 17.8 Å². The van der Waals surface area contributed by atoms with Gasteiger partial charge in [-0.1, -0.05) is 26.0 Å². The molecule has 0 radical (unpaired) electrons. The quantitative estimate of drug-likeness (QED) is 0.757. The average Bonchev–Trinajstić information content (AvgIpc) is 2.64. The number of fused-ring (bicyclic) bond motifs is 1. The Hall–Kier alpha value is -0.830. The van der Waals surface area contributed by atoms with Crippen LogP contribution in [-0.2, 0) is 4.79 Å². The fraction of sp³-hybridized carbons (Fsp3) is 0.800. The molecule has 102 valence electrons. The van der Waals surface area contributed by atoms with E-state index in [1.54, 1.807) is 4.90 Å². The zero-order valence-corrected chi connectivity index (χ0v) is 12.0. The third-order valence-electron chi connectivity index (χ3n) is 4.22. The van der Waals surface area contributed by atoms with E-state index in [4.69, 9.17) is 0 Å². The summed E-state index contributed by atoms with van der Waals surface area (Å²) >= 11 is 0. The Kier molecular flexibility index (Phi) is 4.10. The molecule has 0 spiro atoms. The van der Waals surface area contributed by atoms with Crippen molar-refractivity contribution in [2.75, 3.05) is 14.1 Å². The maximum atomic E-state index is 12.2. The number of nitrogens with one attached hydrogen (secondary N) is 1. The predicted molar refractivity (Wildman–Crippen MR) is 74.2 cm³/mol. The molecule has 3 heteroatoms. The van der Waals surface area contributed by atoms with Crippen molar-refractivity contribution in [3.05, 3.63) is 12.2 Å². The SMILES string of the molecule is CC(C)CC(NC1CC2CC=CC21)C(=O)N(C)C. The Labute approximate surface area is 111 Å². The van der Waals surface area contributed by atoms with Gasteiger partial charge in [0.1, 0.15) is 0 Å². The van der Waals surface area contributed by atoms with E-state index >= 15 is 0 Å². The maximum absolute atomic E-state index is 12.2. The van der Waals surface area contributed by atoms with Crippen LogP contribution in [0.15, 0.2) is 12.2 Å². The van der Waals surface area contributed by atoms with Gasteiger partial charge < -0.3 is 10.2 Å². The van der Waals surface area contributed by atoms with Gasteiger partial charge in [-0.3, -0.25) is 4.79 Å². The highest BCUT2D eigenvalue weighted by Crippen LogP contribution is 2.43. The Morgan fingerprint density at radius 3 is 2.72 bits per heavy atom. The van der Waals surface area contributed by atoms with Crippen molar-refractivity contribution < 1.29 is 4.79 Å². The lowest BCUT2D eigenvalue weighted by molar-refractivity contribution is -0.132. The molecule has 1 N–H and O–H groups in total. The van der Waals surface area contributed by atoms with E-state index in [0.29, 0.717) is 17.9 Å². The predicted octanol–water partition coefficient (Wildman–Crippen LogP) is 2.04. The lowest BCUT2D eigenvalue weighted by atomic mass is 9.71. The topological polar surface area (TPSA) is 32.3 Å². The molecule has 1 fully saturated rings. The van der Waals surface area contributed by atoms with Crippen LogP contribution in [0.3, 0.4) is 0 Å². The molecule has 0 heterocycles. The summed E-state index contributed by atoms with van der Waals surface area (Å²) < 4.78 is 0. The molecule has 4 unspecified atom stereocenters. The summed E-state index contributed by atoms with van der Waals surface area (Å²) in [6, 6.07) is 0.501. The van der Waals surface area contributed by atoms with Crippen LogP contribution in [0.5, 0.6) is 0 Å². The number of hydrogen-bond donors (Lipinski definition) is 1. The summed E-state index contributed by atoms with van der Waals surface area (Å²) in [5.41, 5.74) is 0. The largest absolute Gasteiger partial charge is 0.347 e. The number of nitrogens with zero attached hydrogens (tertiary/aromatic N) is 1. The number of carbonyl (C=O) groups excluding carboxylic acids is 1. The van der Waals surface area contributed by atoms with Crippen molar-refractivity contribution in [1.29, 1.82) is 0 Å². The minimum atomic E-state index is -0.0139. The van der Waals surface area contributed by atoms with Crippen molar-refractivity contribution in [1.82, 2.24) is 10.2 Å². The molecule has 2 aliphatic rings. The second-order valence-electron chi connectivity index (χ2n) is 6.42. The van der Waals surface area contributed by atoms with Crippen LogP contribution in [0.4, 0.5) is 0 Å². The highest BCUT2D eigenvalue weighted by Gasteiger charge is 2.42. The van der Waals surface area contributed by atoms with Crippen LogP contribution in [0.2, 0.25) is 0 Å². The Balaban J connectivity index is 1.93. The lowest BCUT2D eigenvalue weighted by Crippen LogP contribution is -2.56. The summed E-state index contributed by atoms with van der Waals surface area (Å²) in [7, 11) is 3.69. The zero-order chi connectivity index (χ0) is 13.3. The van der Waals surface area contributed by atoms with Crippen molar-refractivity contribution >= 4 is 5.91 Å².